The highest BCUT2D eigenvalue weighted by atomic mass is 15.1. The third-order valence-corrected chi connectivity index (χ3v) is 5.57. The Morgan fingerprint density at radius 2 is 1.87 bits per heavy atom. The van der Waals surface area contributed by atoms with Crippen molar-refractivity contribution in [2.75, 3.05) is 19.6 Å². The summed E-state index contributed by atoms with van der Waals surface area (Å²) in [5.41, 5.74) is 8.67. The molecule has 0 radical (unpaired) electrons. The first-order valence-electron chi connectivity index (χ1n) is 9.58. The van der Waals surface area contributed by atoms with E-state index in [9.17, 15) is 0 Å². The van der Waals surface area contributed by atoms with Crippen LogP contribution in [-0.4, -0.2) is 24.5 Å². The Bertz CT molecular complexity index is 449. The molecule has 1 aromatic carbocycles. The van der Waals surface area contributed by atoms with E-state index in [0.717, 1.165) is 30.8 Å². The second-order valence-electron chi connectivity index (χ2n) is 7.82. The summed E-state index contributed by atoms with van der Waals surface area (Å²) >= 11 is 0. The van der Waals surface area contributed by atoms with Gasteiger partial charge < -0.3 is 5.73 Å². The highest BCUT2D eigenvalue weighted by molar-refractivity contribution is 5.22. The zero-order chi connectivity index (χ0) is 16.7. The minimum absolute atomic E-state index is 0.778. The minimum Gasteiger partial charge on any atom is -0.330 e. The first kappa shape index (κ1) is 18.5. The van der Waals surface area contributed by atoms with Gasteiger partial charge in [-0.3, -0.25) is 4.90 Å². The van der Waals surface area contributed by atoms with Gasteiger partial charge in [0.2, 0.25) is 0 Å². The number of benzene rings is 1. The molecule has 0 spiro atoms. The van der Waals surface area contributed by atoms with Crippen molar-refractivity contribution in [3.63, 3.8) is 0 Å². The topological polar surface area (TPSA) is 29.3 Å². The van der Waals surface area contributed by atoms with E-state index in [4.69, 9.17) is 5.73 Å². The van der Waals surface area contributed by atoms with Gasteiger partial charge in [0.15, 0.2) is 0 Å². The molecule has 1 saturated carbocycles. The lowest BCUT2D eigenvalue weighted by atomic mass is 9.81. The zero-order valence-corrected chi connectivity index (χ0v) is 15.4. The minimum atomic E-state index is 0.778. The molecule has 2 nitrogen and oxygen atoms in total. The maximum Gasteiger partial charge on any atom is 0.0234 e. The van der Waals surface area contributed by atoms with Crippen LogP contribution in [0.5, 0.6) is 0 Å². The molecule has 1 fully saturated rings. The summed E-state index contributed by atoms with van der Waals surface area (Å²) in [5.74, 6) is 2.43. The number of hydrogen-bond donors (Lipinski definition) is 1. The second kappa shape index (κ2) is 9.44. The molecule has 0 aliphatic heterocycles. The largest absolute Gasteiger partial charge is 0.330 e. The van der Waals surface area contributed by atoms with Crippen LogP contribution in [0.2, 0.25) is 0 Å². The fraction of sp³-hybridized carbons (Fsp3) is 0.714. The molecular weight excluding hydrogens is 280 g/mol. The van der Waals surface area contributed by atoms with Crippen molar-refractivity contribution in [2.24, 2.45) is 23.5 Å². The smallest absolute Gasteiger partial charge is 0.0234 e. The lowest BCUT2D eigenvalue weighted by molar-refractivity contribution is 0.158. The van der Waals surface area contributed by atoms with Crippen LogP contribution < -0.4 is 5.73 Å². The molecule has 1 aromatic rings. The second-order valence-corrected chi connectivity index (χ2v) is 7.82. The Kier molecular flexibility index (Phi) is 7.58. The maximum atomic E-state index is 5.84. The van der Waals surface area contributed by atoms with Gasteiger partial charge in [-0.15, -0.1) is 0 Å². The van der Waals surface area contributed by atoms with Crippen LogP contribution in [0.4, 0.5) is 0 Å². The van der Waals surface area contributed by atoms with Crippen molar-refractivity contribution in [1.82, 2.24) is 4.90 Å². The summed E-state index contributed by atoms with van der Waals surface area (Å²) in [6.45, 7) is 11.3. The molecule has 23 heavy (non-hydrogen) atoms. The van der Waals surface area contributed by atoms with Crippen LogP contribution in [-0.2, 0) is 6.54 Å². The predicted octanol–water partition coefficient (Wildman–Crippen LogP) is 4.61. The van der Waals surface area contributed by atoms with Crippen molar-refractivity contribution in [1.29, 1.82) is 0 Å². The van der Waals surface area contributed by atoms with Crippen LogP contribution in [0.25, 0.3) is 0 Å². The first-order chi connectivity index (χ1) is 11.1. The van der Waals surface area contributed by atoms with Gasteiger partial charge in [0.05, 0.1) is 0 Å². The molecule has 1 aliphatic carbocycles. The number of nitrogens with zero attached hydrogens (tertiary/aromatic N) is 1. The summed E-state index contributed by atoms with van der Waals surface area (Å²) in [7, 11) is 0. The Morgan fingerprint density at radius 3 is 2.48 bits per heavy atom. The van der Waals surface area contributed by atoms with Gasteiger partial charge in [-0.05, 0) is 62.5 Å². The molecule has 1 unspecified atom stereocenters. The van der Waals surface area contributed by atoms with Crippen molar-refractivity contribution in [3.8, 4) is 0 Å². The SMILES string of the molecule is CCC(C)CN(Cc1cccc(C)c1)CC1CCC(CN)CC1. The highest BCUT2D eigenvalue weighted by Gasteiger charge is 2.22. The van der Waals surface area contributed by atoms with E-state index >= 15 is 0 Å². The summed E-state index contributed by atoms with van der Waals surface area (Å²) in [5, 5.41) is 0. The standard InChI is InChI=1S/C21H36N2/c1-4-17(2)14-23(16-21-7-5-6-18(3)12-21)15-20-10-8-19(13-22)9-11-20/h5-7,12,17,19-20H,4,8-11,13-16,22H2,1-3H3. The monoisotopic (exact) mass is 316 g/mol. The van der Waals surface area contributed by atoms with Crippen LogP contribution in [0.3, 0.4) is 0 Å². The van der Waals surface area contributed by atoms with E-state index in [2.05, 4.69) is 49.9 Å². The quantitative estimate of drug-likeness (QED) is 0.759. The Morgan fingerprint density at radius 1 is 1.17 bits per heavy atom. The van der Waals surface area contributed by atoms with Gasteiger partial charge in [0.25, 0.3) is 0 Å². The van der Waals surface area contributed by atoms with E-state index in [1.165, 1.54) is 56.3 Å². The Balaban J connectivity index is 1.94. The van der Waals surface area contributed by atoms with Crippen LogP contribution in [0.15, 0.2) is 24.3 Å². The summed E-state index contributed by atoms with van der Waals surface area (Å²) < 4.78 is 0. The number of rotatable bonds is 8. The summed E-state index contributed by atoms with van der Waals surface area (Å²) in [4.78, 5) is 2.70. The average Bonchev–Trinajstić information content (AvgIpc) is 2.55. The molecule has 0 aromatic heterocycles. The van der Waals surface area contributed by atoms with Gasteiger partial charge in [0.1, 0.15) is 0 Å². The zero-order valence-electron chi connectivity index (χ0n) is 15.4. The molecule has 0 bridgehead atoms. The van der Waals surface area contributed by atoms with Gasteiger partial charge in [-0.25, -0.2) is 0 Å². The Labute approximate surface area is 143 Å². The van der Waals surface area contributed by atoms with Gasteiger partial charge in [-0.2, -0.15) is 0 Å². The molecule has 2 N–H and O–H groups in total. The van der Waals surface area contributed by atoms with Gasteiger partial charge in [0, 0.05) is 19.6 Å². The van der Waals surface area contributed by atoms with Crippen molar-refractivity contribution in [2.45, 2.75) is 59.4 Å². The molecule has 130 valence electrons. The lowest BCUT2D eigenvalue weighted by Crippen LogP contribution is -2.35. The third-order valence-electron chi connectivity index (χ3n) is 5.57. The molecule has 0 saturated heterocycles. The lowest BCUT2D eigenvalue weighted by Gasteiger charge is -2.33. The summed E-state index contributed by atoms with van der Waals surface area (Å²) in [6.07, 6.45) is 6.68. The molecule has 0 heterocycles. The number of aryl methyl sites for hydroxylation is 1. The third kappa shape index (κ3) is 6.27. The average molecular weight is 317 g/mol. The molecule has 2 heteroatoms. The highest BCUT2D eigenvalue weighted by Crippen LogP contribution is 2.29. The molecule has 2 rings (SSSR count). The van der Waals surface area contributed by atoms with Gasteiger partial charge >= 0.3 is 0 Å². The fourth-order valence-electron chi connectivity index (χ4n) is 3.86. The predicted molar refractivity (Wildman–Crippen MR) is 100 cm³/mol. The maximum absolute atomic E-state index is 5.84. The van der Waals surface area contributed by atoms with Crippen molar-refractivity contribution in [3.05, 3.63) is 35.4 Å². The molecule has 1 aliphatic rings. The summed E-state index contributed by atoms with van der Waals surface area (Å²) in [6, 6.07) is 9.01. The van der Waals surface area contributed by atoms with E-state index < -0.39 is 0 Å². The normalized spacial score (nSPS) is 23.2. The van der Waals surface area contributed by atoms with Crippen LogP contribution >= 0.6 is 0 Å². The van der Waals surface area contributed by atoms with E-state index in [1.54, 1.807) is 0 Å². The van der Waals surface area contributed by atoms with Crippen molar-refractivity contribution < 1.29 is 0 Å². The molecule has 0 amide bonds. The van der Waals surface area contributed by atoms with E-state index in [0.29, 0.717) is 0 Å². The fourth-order valence-corrected chi connectivity index (χ4v) is 3.86. The molecule has 1 atom stereocenters. The van der Waals surface area contributed by atoms with Crippen molar-refractivity contribution >= 4 is 0 Å². The molecular formula is C21H36N2. The van der Waals surface area contributed by atoms with Gasteiger partial charge in [-0.1, -0.05) is 50.1 Å². The van der Waals surface area contributed by atoms with Crippen LogP contribution in [0, 0.1) is 24.7 Å². The first-order valence-corrected chi connectivity index (χ1v) is 9.58. The number of hydrogen-bond acceptors (Lipinski definition) is 2. The Hall–Kier alpha value is -0.860. The van der Waals surface area contributed by atoms with E-state index in [1.807, 2.05) is 0 Å². The van der Waals surface area contributed by atoms with E-state index in [-0.39, 0.29) is 0 Å². The van der Waals surface area contributed by atoms with Crippen LogP contribution in [0.1, 0.15) is 57.1 Å². The number of nitrogens with two attached hydrogens (primary N) is 1.